The van der Waals surface area contributed by atoms with Crippen LogP contribution in [0.1, 0.15) is 32.4 Å². The molecule has 1 aromatic carbocycles. The van der Waals surface area contributed by atoms with E-state index >= 15 is 0 Å². The van der Waals surface area contributed by atoms with Crippen molar-refractivity contribution in [3.63, 3.8) is 0 Å². The predicted molar refractivity (Wildman–Crippen MR) is 77.2 cm³/mol. The largest absolute Gasteiger partial charge is 0.380 e. The van der Waals surface area contributed by atoms with Gasteiger partial charge in [-0.2, -0.15) is 0 Å². The van der Waals surface area contributed by atoms with Crippen LogP contribution in [0.4, 0.5) is 10.5 Å². The topological polar surface area (TPSA) is 76.4 Å². The van der Waals surface area contributed by atoms with Crippen LogP contribution in [0, 0.1) is 0 Å². The molecule has 1 aromatic rings. The SMILES string of the molecule is CCOCC(C)NC(=O)Nc1ccc(C(C)N)cc1. The third kappa shape index (κ3) is 5.72. The number of nitrogens with two attached hydrogens (primary N) is 1. The second-order valence-electron chi connectivity index (χ2n) is 4.57. The number of ether oxygens (including phenoxy) is 1. The number of carbonyl (C=O) groups is 1. The van der Waals surface area contributed by atoms with Gasteiger partial charge in [0.1, 0.15) is 0 Å². The normalized spacial score (nSPS) is 13.7. The van der Waals surface area contributed by atoms with Crippen LogP contribution < -0.4 is 16.4 Å². The van der Waals surface area contributed by atoms with Crippen LogP contribution in [0.15, 0.2) is 24.3 Å². The van der Waals surface area contributed by atoms with Gasteiger partial charge in [-0.05, 0) is 38.5 Å². The monoisotopic (exact) mass is 265 g/mol. The van der Waals surface area contributed by atoms with Gasteiger partial charge in [-0.25, -0.2) is 4.79 Å². The number of benzene rings is 1. The molecule has 5 nitrogen and oxygen atoms in total. The Hall–Kier alpha value is -1.59. The number of urea groups is 1. The number of amides is 2. The van der Waals surface area contributed by atoms with Crippen molar-refractivity contribution in [2.45, 2.75) is 32.9 Å². The smallest absolute Gasteiger partial charge is 0.319 e. The van der Waals surface area contributed by atoms with Crippen LogP contribution in [0.25, 0.3) is 0 Å². The number of rotatable bonds is 6. The standard InChI is InChI=1S/C14H23N3O2/c1-4-19-9-10(2)16-14(18)17-13-7-5-12(6-8-13)11(3)15/h5-8,10-11H,4,9,15H2,1-3H3,(H2,16,17,18). The van der Waals surface area contributed by atoms with Crippen molar-refractivity contribution < 1.29 is 9.53 Å². The number of hydrogen-bond acceptors (Lipinski definition) is 3. The van der Waals surface area contributed by atoms with E-state index < -0.39 is 0 Å². The Morgan fingerprint density at radius 1 is 1.32 bits per heavy atom. The first-order valence-corrected chi connectivity index (χ1v) is 6.53. The van der Waals surface area contributed by atoms with Crippen molar-refractivity contribution in [3.05, 3.63) is 29.8 Å². The molecule has 0 bridgehead atoms. The average Bonchev–Trinajstić information content (AvgIpc) is 2.36. The maximum atomic E-state index is 11.7. The molecule has 0 fully saturated rings. The van der Waals surface area contributed by atoms with E-state index in [9.17, 15) is 4.79 Å². The lowest BCUT2D eigenvalue weighted by molar-refractivity contribution is 0.129. The molecule has 19 heavy (non-hydrogen) atoms. The van der Waals surface area contributed by atoms with Crippen LogP contribution in [0.2, 0.25) is 0 Å². The van der Waals surface area contributed by atoms with Gasteiger partial charge in [0.2, 0.25) is 0 Å². The van der Waals surface area contributed by atoms with Gasteiger partial charge in [-0.15, -0.1) is 0 Å². The lowest BCUT2D eigenvalue weighted by Crippen LogP contribution is -2.38. The highest BCUT2D eigenvalue weighted by molar-refractivity contribution is 5.89. The molecule has 5 heteroatoms. The van der Waals surface area contributed by atoms with E-state index in [-0.39, 0.29) is 18.1 Å². The maximum Gasteiger partial charge on any atom is 0.319 e. The highest BCUT2D eigenvalue weighted by Gasteiger charge is 2.07. The zero-order valence-corrected chi connectivity index (χ0v) is 11.8. The molecule has 2 atom stereocenters. The minimum Gasteiger partial charge on any atom is -0.380 e. The molecular weight excluding hydrogens is 242 g/mol. The third-order valence-corrected chi connectivity index (χ3v) is 2.64. The lowest BCUT2D eigenvalue weighted by Gasteiger charge is -2.14. The molecule has 0 spiro atoms. The molecule has 0 aliphatic heterocycles. The summed E-state index contributed by atoms with van der Waals surface area (Å²) in [5.41, 5.74) is 7.54. The second kappa shape index (κ2) is 7.76. The van der Waals surface area contributed by atoms with Crippen LogP contribution in [0.5, 0.6) is 0 Å². The zero-order valence-electron chi connectivity index (χ0n) is 11.8. The van der Waals surface area contributed by atoms with Crippen molar-refractivity contribution in [1.29, 1.82) is 0 Å². The molecule has 106 valence electrons. The third-order valence-electron chi connectivity index (χ3n) is 2.64. The average molecular weight is 265 g/mol. The molecule has 2 amide bonds. The molecule has 4 N–H and O–H groups in total. The fourth-order valence-corrected chi connectivity index (χ4v) is 1.60. The summed E-state index contributed by atoms with van der Waals surface area (Å²) in [4.78, 5) is 11.7. The molecule has 0 heterocycles. The number of anilines is 1. The molecule has 0 aliphatic carbocycles. The van der Waals surface area contributed by atoms with Crippen LogP contribution in [-0.4, -0.2) is 25.3 Å². The summed E-state index contributed by atoms with van der Waals surface area (Å²) >= 11 is 0. The van der Waals surface area contributed by atoms with Crippen molar-refractivity contribution in [2.75, 3.05) is 18.5 Å². The molecule has 0 aromatic heterocycles. The van der Waals surface area contributed by atoms with E-state index in [1.165, 1.54) is 0 Å². The molecule has 2 unspecified atom stereocenters. The highest BCUT2D eigenvalue weighted by atomic mass is 16.5. The Kier molecular flexibility index (Phi) is 6.32. The van der Waals surface area contributed by atoms with Gasteiger partial charge >= 0.3 is 6.03 Å². The fourth-order valence-electron chi connectivity index (χ4n) is 1.60. The van der Waals surface area contributed by atoms with Gasteiger partial charge in [0, 0.05) is 18.3 Å². The van der Waals surface area contributed by atoms with Crippen molar-refractivity contribution in [2.24, 2.45) is 5.73 Å². The fraction of sp³-hybridized carbons (Fsp3) is 0.500. The quantitative estimate of drug-likeness (QED) is 0.738. The Balaban J connectivity index is 2.43. The molecule has 0 saturated carbocycles. The van der Waals surface area contributed by atoms with Crippen LogP contribution in [0.3, 0.4) is 0 Å². The number of nitrogens with one attached hydrogen (secondary N) is 2. The first-order chi connectivity index (χ1) is 9.02. The van der Waals surface area contributed by atoms with Crippen LogP contribution in [-0.2, 0) is 4.74 Å². The summed E-state index contributed by atoms with van der Waals surface area (Å²) in [6.45, 7) is 6.89. The van der Waals surface area contributed by atoms with Crippen molar-refractivity contribution in [3.8, 4) is 0 Å². The van der Waals surface area contributed by atoms with Gasteiger partial charge in [0.05, 0.1) is 12.6 Å². The van der Waals surface area contributed by atoms with Crippen molar-refractivity contribution >= 4 is 11.7 Å². The van der Waals surface area contributed by atoms with E-state index in [1.807, 2.05) is 45.0 Å². The van der Waals surface area contributed by atoms with E-state index in [0.29, 0.717) is 13.2 Å². The van der Waals surface area contributed by atoms with E-state index in [0.717, 1.165) is 11.3 Å². The summed E-state index contributed by atoms with van der Waals surface area (Å²) < 4.78 is 5.23. The van der Waals surface area contributed by atoms with Gasteiger partial charge in [-0.3, -0.25) is 0 Å². The predicted octanol–water partition coefficient (Wildman–Crippen LogP) is 2.25. The van der Waals surface area contributed by atoms with Gasteiger partial charge < -0.3 is 21.1 Å². The Morgan fingerprint density at radius 3 is 2.47 bits per heavy atom. The van der Waals surface area contributed by atoms with Crippen LogP contribution >= 0.6 is 0 Å². The van der Waals surface area contributed by atoms with Gasteiger partial charge in [-0.1, -0.05) is 12.1 Å². The molecule has 0 aliphatic rings. The number of hydrogen-bond donors (Lipinski definition) is 3. The Bertz CT molecular complexity index is 390. The van der Waals surface area contributed by atoms with Crippen molar-refractivity contribution in [1.82, 2.24) is 5.32 Å². The van der Waals surface area contributed by atoms with Gasteiger partial charge in [0.25, 0.3) is 0 Å². The van der Waals surface area contributed by atoms with E-state index in [2.05, 4.69) is 10.6 Å². The van der Waals surface area contributed by atoms with Gasteiger partial charge in [0.15, 0.2) is 0 Å². The second-order valence-corrected chi connectivity index (χ2v) is 4.57. The Morgan fingerprint density at radius 2 is 1.95 bits per heavy atom. The highest BCUT2D eigenvalue weighted by Crippen LogP contribution is 2.13. The minimum absolute atomic E-state index is 0.00547. The minimum atomic E-state index is -0.235. The summed E-state index contributed by atoms with van der Waals surface area (Å²) in [7, 11) is 0. The Labute approximate surface area is 114 Å². The van der Waals surface area contributed by atoms with E-state index in [1.54, 1.807) is 0 Å². The molecule has 1 rings (SSSR count). The molecule has 0 saturated heterocycles. The first kappa shape index (κ1) is 15.5. The summed E-state index contributed by atoms with van der Waals surface area (Å²) in [6.07, 6.45) is 0. The number of carbonyl (C=O) groups excluding carboxylic acids is 1. The summed E-state index contributed by atoms with van der Waals surface area (Å²) in [6, 6.07) is 7.23. The first-order valence-electron chi connectivity index (χ1n) is 6.53. The zero-order chi connectivity index (χ0) is 14.3. The maximum absolute atomic E-state index is 11.7. The molecular formula is C14H23N3O2. The van der Waals surface area contributed by atoms with E-state index in [4.69, 9.17) is 10.5 Å². The summed E-state index contributed by atoms with van der Waals surface area (Å²) in [5.74, 6) is 0. The lowest BCUT2D eigenvalue weighted by atomic mass is 10.1. The molecule has 0 radical (unpaired) electrons. The summed E-state index contributed by atoms with van der Waals surface area (Å²) in [5, 5.41) is 5.57.